The second kappa shape index (κ2) is 7.82. The Morgan fingerprint density at radius 1 is 1.22 bits per heavy atom. The molecule has 1 aromatic carbocycles. The van der Waals surface area contributed by atoms with Gasteiger partial charge in [-0.1, -0.05) is 19.3 Å². The maximum Gasteiger partial charge on any atom is 0.338 e. The Balaban J connectivity index is 2.07. The number of methoxy groups -OCH3 is 1. The topological polar surface area (TPSA) is 47.6 Å². The van der Waals surface area contributed by atoms with Crippen LogP contribution in [0.15, 0.2) is 18.2 Å². The molecule has 23 heavy (non-hydrogen) atoms. The molecule has 1 fully saturated rings. The van der Waals surface area contributed by atoms with Gasteiger partial charge in [-0.25, -0.2) is 4.79 Å². The summed E-state index contributed by atoms with van der Waals surface area (Å²) in [5, 5.41) is 3.59. The van der Waals surface area contributed by atoms with Gasteiger partial charge in [0.05, 0.1) is 12.7 Å². The van der Waals surface area contributed by atoms with Gasteiger partial charge in [0.2, 0.25) is 0 Å². The van der Waals surface area contributed by atoms with Crippen molar-refractivity contribution in [2.75, 3.05) is 7.11 Å². The molecule has 1 aliphatic carbocycles. The van der Waals surface area contributed by atoms with E-state index in [1.54, 1.807) is 13.2 Å². The van der Waals surface area contributed by atoms with Crippen molar-refractivity contribution in [2.45, 2.75) is 71.1 Å². The van der Waals surface area contributed by atoms with Crippen LogP contribution in [0.1, 0.15) is 68.8 Å². The van der Waals surface area contributed by atoms with E-state index in [1.807, 2.05) is 32.9 Å². The van der Waals surface area contributed by atoms with Crippen molar-refractivity contribution in [3.05, 3.63) is 29.3 Å². The second-order valence-corrected chi connectivity index (χ2v) is 7.24. The zero-order valence-electron chi connectivity index (χ0n) is 14.8. The monoisotopic (exact) mass is 319 g/mol. The smallest absolute Gasteiger partial charge is 0.338 e. The molecule has 1 saturated carbocycles. The highest BCUT2D eigenvalue weighted by atomic mass is 16.6. The number of hydrogen-bond acceptors (Lipinski definition) is 4. The van der Waals surface area contributed by atoms with Crippen LogP contribution in [0, 0.1) is 0 Å². The van der Waals surface area contributed by atoms with E-state index in [-0.39, 0.29) is 5.97 Å². The van der Waals surface area contributed by atoms with E-state index >= 15 is 0 Å². The summed E-state index contributed by atoms with van der Waals surface area (Å²) in [5.74, 6) is 0.514. The number of nitrogens with one attached hydrogen (secondary N) is 1. The minimum absolute atomic E-state index is 0.293. The minimum Gasteiger partial charge on any atom is -0.496 e. The summed E-state index contributed by atoms with van der Waals surface area (Å²) in [6.45, 7) is 6.34. The molecule has 0 saturated heterocycles. The Hall–Kier alpha value is -1.55. The Bertz CT molecular complexity index is 528. The average Bonchev–Trinajstić information content (AvgIpc) is 2.52. The Kier molecular flexibility index (Phi) is 6.05. The third-order valence-electron chi connectivity index (χ3n) is 4.10. The molecule has 0 unspecified atom stereocenters. The van der Waals surface area contributed by atoms with E-state index in [1.165, 1.54) is 32.1 Å². The third-order valence-corrected chi connectivity index (χ3v) is 4.10. The molecule has 0 spiro atoms. The molecule has 1 aliphatic rings. The predicted octanol–water partition coefficient (Wildman–Crippen LogP) is 4.07. The molecule has 4 heteroatoms. The third kappa shape index (κ3) is 5.54. The van der Waals surface area contributed by atoms with E-state index in [2.05, 4.69) is 5.32 Å². The van der Waals surface area contributed by atoms with Crippen LogP contribution in [0.5, 0.6) is 5.75 Å². The Labute approximate surface area is 139 Å². The lowest BCUT2D eigenvalue weighted by Gasteiger charge is -2.23. The Morgan fingerprint density at radius 2 is 1.91 bits per heavy atom. The first kappa shape index (κ1) is 17.8. The van der Waals surface area contributed by atoms with E-state index < -0.39 is 5.60 Å². The summed E-state index contributed by atoms with van der Waals surface area (Å²) in [6, 6.07) is 6.05. The molecule has 0 bridgehead atoms. The summed E-state index contributed by atoms with van der Waals surface area (Å²) in [5.41, 5.74) is 1.08. The fraction of sp³-hybridized carbons (Fsp3) is 0.632. The number of esters is 1. The molecule has 0 radical (unpaired) electrons. The molecule has 0 heterocycles. The number of hydrogen-bond donors (Lipinski definition) is 1. The SMILES string of the molecule is COc1ccc(C(=O)OC(C)(C)C)cc1CNC1CCCCC1. The molecule has 0 aliphatic heterocycles. The summed E-state index contributed by atoms with van der Waals surface area (Å²) in [7, 11) is 1.66. The molecule has 128 valence electrons. The average molecular weight is 319 g/mol. The Morgan fingerprint density at radius 3 is 2.52 bits per heavy atom. The largest absolute Gasteiger partial charge is 0.496 e. The quantitative estimate of drug-likeness (QED) is 0.831. The summed E-state index contributed by atoms with van der Waals surface area (Å²) < 4.78 is 10.9. The van der Waals surface area contributed by atoms with Crippen molar-refractivity contribution in [1.82, 2.24) is 5.32 Å². The van der Waals surface area contributed by atoms with Crippen LogP contribution in [0.3, 0.4) is 0 Å². The summed E-state index contributed by atoms with van der Waals surface area (Å²) >= 11 is 0. The van der Waals surface area contributed by atoms with Crippen LogP contribution in [-0.4, -0.2) is 24.7 Å². The lowest BCUT2D eigenvalue weighted by atomic mass is 9.95. The summed E-state index contributed by atoms with van der Waals surface area (Å²) in [6.07, 6.45) is 6.40. The van der Waals surface area contributed by atoms with Gasteiger partial charge in [-0.15, -0.1) is 0 Å². The molecule has 1 aromatic rings. The van der Waals surface area contributed by atoms with E-state index in [0.29, 0.717) is 18.2 Å². The van der Waals surface area contributed by atoms with Gasteiger partial charge in [-0.05, 0) is 51.8 Å². The van der Waals surface area contributed by atoms with Crippen LogP contribution in [-0.2, 0) is 11.3 Å². The first-order valence-corrected chi connectivity index (χ1v) is 8.53. The van der Waals surface area contributed by atoms with E-state index in [9.17, 15) is 4.79 Å². The molecule has 2 rings (SSSR count). The number of ether oxygens (including phenoxy) is 2. The molecule has 0 aromatic heterocycles. The molecule has 0 atom stereocenters. The first-order valence-electron chi connectivity index (χ1n) is 8.53. The van der Waals surface area contributed by atoms with Gasteiger partial charge in [0.15, 0.2) is 0 Å². The molecule has 1 N–H and O–H groups in total. The van der Waals surface area contributed by atoms with E-state index in [0.717, 1.165) is 11.3 Å². The van der Waals surface area contributed by atoms with Crippen molar-refractivity contribution < 1.29 is 14.3 Å². The van der Waals surface area contributed by atoms with Gasteiger partial charge in [0, 0.05) is 18.2 Å². The van der Waals surface area contributed by atoms with Gasteiger partial charge in [0.1, 0.15) is 11.4 Å². The van der Waals surface area contributed by atoms with Crippen LogP contribution in [0.25, 0.3) is 0 Å². The van der Waals surface area contributed by atoms with Gasteiger partial charge >= 0.3 is 5.97 Å². The first-order chi connectivity index (χ1) is 10.9. The lowest BCUT2D eigenvalue weighted by molar-refractivity contribution is 0.00694. The maximum atomic E-state index is 12.2. The van der Waals surface area contributed by atoms with Gasteiger partial charge in [-0.2, -0.15) is 0 Å². The predicted molar refractivity (Wildman–Crippen MR) is 91.9 cm³/mol. The maximum absolute atomic E-state index is 12.2. The van der Waals surface area contributed by atoms with Crippen molar-refractivity contribution in [1.29, 1.82) is 0 Å². The lowest BCUT2D eigenvalue weighted by Crippen LogP contribution is -2.30. The second-order valence-electron chi connectivity index (χ2n) is 7.24. The number of benzene rings is 1. The zero-order chi connectivity index (χ0) is 16.9. The van der Waals surface area contributed by atoms with Gasteiger partial charge in [-0.3, -0.25) is 0 Å². The van der Waals surface area contributed by atoms with Crippen LogP contribution >= 0.6 is 0 Å². The van der Waals surface area contributed by atoms with Crippen molar-refractivity contribution in [3.8, 4) is 5.75 Å². The van der Waals surface area contributed by atoms with Crippen molar-refractivity contribution >= 4 is 5.97 Å². The van der Waals surface area contributed by atoms with Crippen LogP contribution in [0.2, 0.25) is 0 Å². The molecule has 4 nitrogen and oxygen atoms in total. The fourth-order valence-corrected chi connectivity index (χ4v) is 2.94. The highest BCUT2D eigenvalue weighted by molar-refractivity contribution is 5.90. The summed E-state index contributed by atoms with van der Waals surface area (Å²) in [4.78, 5) is 12.2. The minimum atomic E-state index is -0.489. The standard InChI is InChI=1S/C19H29NO3/c1-19(2,3)23-18(21)14-10-11-17(22-4)15(12-14)13-20-16-8-6-5-7-9-16/h10-12,16,20H,5-9,13H2,1-4H3. The number of rotatable bonds is 5. The van der Waals surface area contributed by atoms with Gasteiger partial charge < -0.3 is 14.8 Å². The normalized spacial score (nSPS) is 16.2. The van der Waals surface area contributed by atoms with Gasteiger partial charge in [0.25, 0.3) is 0 Å². The highest BCUT2D eigenvalue weighted by Crippen LogP contribution is 2.23. The molecule has 0 amide bonds. The molecular weight excluding hydrogens is 290 g/mol. The number of carbonyl (C=O) groups is 1. The van der Waals surface area contributed by atoms with Crippen molar-refractivity contribution in [3.63, 3.8) is 0 Å². The highest BCUT2D eigenvalue weighted by Gasteiger charge is 2.19. The van der Waals surface area contributed by atoms with Crippen LogP contribution < -0.4 is 10.1 Å². The zero-order valence-corrected chi connectivity index (χ0v) is 14.8. The van der Waals surface area contributed by atoms with E-state index in [4.69, 9.17) is 9.47 Å². The molecular formula is C19H29NO3. The van der Waals surface area contributed by atoms with Crippen molar-refractivity contribution in [2.24, 2.45) is 0 Å². The fourth-order valence-electron chi connectivity index (χ4n) is 2.94. The number of carbonyl (C=O) groups excluding carboxylic acids is 1. The van der Waals surface area contributed by atoms with Crippen LogP contribution in [0.4, 0.5) is 0 Å².